The molecule has 1 saturated heterocycles. The molecule has 0 bridgehead atoms. The zero-order valence-corrected chi connectivity index (χ0v) is 36.1. The summed E-state index contributed by atoms with van der Waals surface area (Å²) >= 11 is 0. The minimum atomic E-state index is -3.39. The highest BCUT2D eigenvalue weighted by atomic mass is 32.2. The first kappa shape index (κ1) is 46.5. The van der Waals surface area contributed by atoms with E-state index in [-0.39, 0.29) is 47.7 Å². The van der Waals surface area contributed by atoms with Gasteiger partial charge in [0.25, 0.3) is 0 Å². The third-order valence-corrected chi connectivity index (χ3v) is 14.6. The average Bonchev–Trinajstić information content (AvgIpc) is 4.03. The lowest BCUT2D eigenvalue weighted by Gasteiger charge is -2.28. The zero-order valence-electron chi connectivity index (χ0n) is 35.3. The van der Waals surface area contributed by atoms with Crippen molar-refractivity contribution in [2.24, 2.45) is 23.7 Å². The number of sulfonamides is 1. The number of benzene rings is 1. The summed E-state index contributed by atoms with van der Waals surface area (Å²) in [5, 5.41) is 7.27. The van der Waals surface area contributed by atoms with E-state index in [4.69, 9.17) is 14.2 Å². The predicted octanol–water partition coefficient (Wildman–Crippen LogP) is 6.45. The summed E-state index contributed by atoms with van der Waals surface area (Å²) in [4.78, 5) is 56.1. The number of nitrogens with one attached hydrogen (secondary N) is 3. The molecule has 0 spiro atoms. The minimum Gasteiger partial charge on any atom is -0.489 e. The molecule has 1 aromatic carbocycles. The smallest absolute Gasteiger partial charge is 0.407 e. The predicted molar refractivity (Wildman–Crippen MR) is 238 cm³/mol. The van der Waals surface area contributed by atoms with Gasteiger partial charge in [-0.25, -0.2) is 18.2 Å². The van der Waals surface area contributed by atoms with Crippen LogP contribution < -0.4 is 29.7 Å². The van der Waals surface area contributed by atoms with E-state index in [1.807, 2.05) is 29.0 Å². The van der Waals surface area contributed by atoms with Crippen LogP contribution in [0.15, 0.2) is 36.5 Å². The van der Waals surface area contributed by atoms with Crippen molar-refractivity contribution < 1.29 is 46.1 Å². The fourth-order valence-corrected chi connectivity index (χ4v) is 9.86. The molecule has 3 N–H and O–H groups in total. The first-order chi connectivity index (χ1) is 28.1. The molecule has 6 aliphatic rings. The molecular weight excluding hydrogens is 789 g/mol. The van der Waals surface area contributed by atoms with E-state index < -0.39 is 26.7 Å². The SMILES string of the molecule is C.CC(=O)NS(=O)(=O)C1(C)CC1.CNC(=O)OC1CC2C[C@@H]2C1.C[C@H]1CC/C=C\CNC(=O)[C@@H]2C[C@@H](Oc3nccc4c5c(ccc34)N(C)CCO5)CN2C(=O)C[C@H](C)C1.[HH].[HH].[HH]. The minimum absolute atomic E-state index is 0. The van der Waals surface area contributed by atoms with Gasteiger partial charge in [-0.3, -0.25) is 19.1 Å². The Balaban J connectivity index is 0.000000431. The number of rotatable bonds is 5. The van der Waals surface area contributed by atoms with E-state index in [9.17, 15) is 27.6 Å². The lowest BCUT2D eigenvalue weighted by molar-refractivity contribution is -0.139. The molecule has 3 aliphatic heterocycles. The van der Waals surface area contributed by atoms with Crippen molar-refractivity contribution in [3.05, 3.63) is 36.5 Å². The summed E-state index contributed by atoms with van der Waals surface area (Å²) in [5.41, 5.74) is 1.05. The monoisotopic (exact) mass is 861 g/mol. The van der Waals surface area contributed by atoms with Gasteiger partial charge in [0.1, 0.15) is 24.9 Å². The van der Waals surface area contributed by atoms with Crippen LogP contribution >= 0.6 is 0 Å². The largest absolute Gasteiger partial charge is 0.489 e. The molecule has 16 heteroatoms. The molecule has 3 saturated carbocycles. The van der Waals surface area contributed by atoms with Crippen LogP contribution in [0.4, 0.5) is 10.5 Å². The highest BCUT2D eigenvalue weighted by Gasteiger charge is 2.50. The highest BCUT2D eigenvalue weighted by molar-refractivity contribution is 7.91. The number of amides is 4. The Labute approximate surface area is 360 Å². The van der Waals surface area contributed by atoms with Crippen molar-refractivity contribution in [3.63, 3.8) is 0 Å². The fraction of sp³-hybridized carbons (Fsp3) is 0.659. The summed E-state index contributed by atoms with van der Waals surface area (Å²) in [5.74, 6) is 3.31. The van der Waals surface area contributed by atoms with E-state index >= 15 is 0 Å². The number of ether oxygens (including phenoxy) is 3. The van der Waals surface area contributed by atoms with Crippen molar-refractivity contribution in [2.45, 2.75) is 122 Å². The van der Waals surface area contributed by atoms with Crippen molar-refractivity contribution in [1.29, 1.82) is 0 Å². The molecule has 2 unspecified atom stereocenters. The van der Waals surface area contributed by atoms with Gasteiger partial charge in [0.05, 0.1) is 23.5 Å². The van der Waals surface area contributed by atoms with Crippen LogP contribution in [-0.4, -0.2) is 105 Å². The van der Waals surface area contributed by atoms with E-state index in [0.29, 0.717) is 57.2 Å². The summed E-state index contributed by atoms with van der Waals surface area (Å²) in [7, 11) is 0.268. The normalized spacial score (nSPS) is 28.4. The number of likely N-dealkylation sites (N-methyl/N-ethyl adjacent to an activating group) is 1. The second-order valence-electron chi connectivity index (χ2n) is 17.5. The van der Waals surface area contributed by atoms with Gasteiger partial charge >= 0.3 is 6.09 Å². The number of aromatic nitrogens is 1. The maximum absolute atomic E-state index is 13.4. The van der Waals surface area contributed by atoms with Crippen LogP contribution in [0, 0.1) is 23.7 Å². The van der Waals surface area contributed by atoms with Gasteiger partial charge in [0.15, 0.2) is 5.75 Å². The first-order valence-electron chi connectivity index (χ1n) is 21.1. The second-order valence-corrected chi connectivity index (χ2v) is 19.7. The molecule has 7 atom stereocenters. The molecule has 60 heavy (non-hydrogen) atoms. The van der Waals surface area contributed by atoms with Gasteiger partial charge in [-0.2, -0.15) is 0 Å². The molecule has 0 radical (unpaired) electrons. The molecule has 338 valence electrons. The molecule has 8 rings (SSSR count). The molecular formula is C44H72N6O9S. The summed E-state index contributed by atoms with van der Waals surface area (Å²) in [6.45, 7) is 9.54. The number of hydrogen-bond donors (Lipinski definition) is 3. The number of anilines is 1. The number of fused-ring (bicyclic) bond motifs is 5. The van der Waals surface area contributed by atoms with Crippen LogP contribution in [-0.2, 0) is 29.1 Å². The maximum atomic E-state index is 13.4. The Hall–Kier alpha value is -4.60. The van der Waals surface area contributed by atoms with Gasteiger partial charge in [0.2, 0.25) is 33.6 Å². The Kier molecular flexibility index (Phi) is 15.4. The van der Waals surface area contributed by atoms with Crippen molar-refractivity contribution in [3.8, 4) is 11.6 Å². The first-order valence-corrected chi connectivity index (χ1v) is 22.6. The molecule has 15 nitrogen and oxygen atoms in total. The Morgan fingerprint density at radius 2 is 1.73 bits per heavy atom. The molecule has 1 aromatic heterocycles. The number of carbonyl (C=O) groups is 4. The third kappa shape index (κ3) is 11.6. The number of hydrogen-bond acceptors (Lipinski definition) is 11. The molecule has 2 aromatic rings. The fourth-order valence-electron chi connectivity index (χ4n) is 8.59. The van der Waals surface area contributed by atoms with E-state index in [2.05, 4.69) is 47.5 Å². The Morgan fingerprint density at radius 1 is 1.00 bits per heavy atom. The Bertz CT molecular complexity index is 2010. The van der Waals surface area contributed by atoms with Gasteiger partial charge in [-0.05, 0) is 100 Å². The maximum Gasteiger partial charge on any atom is 0.407 e. The zero-order chi connectivity index (χ0) is 42.5. The molecule has 4 amide bonds. The van der Waals surface area contributed by atoms with Crippen molar-refractivity contribution in [2.75, 3.05) is 45.2 Å². The standard InChI is InChI=1S/C29H38N4O4.C8H13NO2.C6H11NO3S.CH4.3H2/c1-19-7-5-4-6-11-30-28(35)25-17-21(18-33(25)26(34)16-20(2)15-19)37-29-23-8-9-24-27(22(23)10-12-31-29)36-14-13-32(24)3;1-9-8(10)11-7-3-5-2-6(5)4-7;1-5(8)7-11(9,10)6(2)3-4-6;;;;/h4,6,8-10,12,19-21,25H,5,7,11,13-18H2,1-3H3,(H,30,35);5-7H,2-4H2,1H3,(H,9,10);3-4H2,1-2H3,(H,7,8);1H4;3*1H/b6-4-;;;;;;/t19-,20+,21+,25-;5-,6?,7?;;;;;/m01...../s1. The van der Waals surface area contributed by atoms with Crippen LogP contribution in [0.2, 0.25) is 0 Å². The number of pyridine rings is 1. The van der Waals surface area contributed by atoms with Gasteiger partial charge in [-0.1, -0.05) is 33.4 Å². The van der Waals surface area contributed by atoms with Crippen molar-refractivity contribution >= 4 is 50.3 Å². The number of allylic oxidation sites excluding steroid dienone is 1. The third-order valence-electron chi connectivity index (χ3n) is 12.4. The lowest BCUT2D eigenvalue weighted by atomic mass is 9.91. The van der Waals surface area contributed by atoms with E-state index in [0.717, 1.165) is 72.7 Å². The van der Waals surface area contributed by atoms with Crippen LogP contribution in [0.25, 0.3) is 10.8 Å². The molecule has 4 heterocycles. The average molecular weight is 861 g/mol. The van der Waals surface area contributed by atoms with E-state index in [1.54, 1.807) is 25.1 Å². The molecule has 4 fully saturated rings. The van der Waals surface area contributed by atoms with Gasteiger partial charge < -0.3 is 34.6 Å². The molecule has 3 aliphatic carbocycles. The highest BCUT2D eigenvalue weighted by Crippen LogP contribution is 2.52. The van der Waals surface area contributed by atoms with Crippen LogP contribution in [0.1, 0.15) is 104 Å². The topological polar surface area (TPSA) is 186 Å². The second kappa shape index (κ2) is 19.9. The Morgan fingerprint density at radius 3 is 2.42 bits per heavy atom. The summed E-state index contributed by atoms with van der Waals surface area (Å²) < 4.78 is 41.2. The summed E-state index contributed by atoms with van der Waals surface area (Å²) in [6, 6.07) is 5.46. The number of nitrogens with zero attached hydrogens (tertiary/aromatic N) is 3. The van der Waals surface area contributed by atoms with Gasteiger partial charge in [0, 0.05) is 61.7 Å². The summed E-state index contributed by atoms with van der Waals surface area (Å²) in [6.07, 6.45) is 14.3. The van der Waals surface area contributed by atoms with E-state index in [1.165, 1.54) is 13.3 Å². The van der Waals surface area contributed by atoms with Crippen LogP contribution in [0.3, 0.4) is 0 Å². The number of carbonyl (C=O) groups excluding carboxylic acids is 4. The van der Waals surface area contributed by atoms with Crippen LogP contribution in [0.5, 0.6) is 11.6 Å². The quantitative estimate of drug-likeness (QED) is 0.281. The van der Waals surface area contributed by atoms with Gasteiger partial charge in [-0.15, -0.1) is 0 Å². The number of alkyl carbamates (subject to hydrolysis) is 1. The lowest BCUT2D eigenvalue weighted by Crippen LogP contribution is -2.46. The van der Waals surface area contributed by atoms with Crippen molar-refractivity contribution in [1.82, 2.24) is 25.2 Å².